The summed E-state index contributed by atoms with van der Waals surface area (Å²) in [5.74, 6) is 0.128. The molecule has 1 N–H and O–H groups in total. The number of benzene rings is 2. The number of hydrogen-bond donors (Lipinski definition) is 1. The van der Waals surface area contributed by atoms with Crippen molar-refractivity contribution >= 4 is 32.4 Å². The number of thiazole rings is 1. The highest BCUT2D eigenvalue weighted by Gasteiger charge is 2.18. The molecular formula is C21H23N3O3S2. The van der Waals surface area contributed by atoms with Crippen LogP contribution in [0.3, 0.4) is 0 Å². The fourth-order valence-electron chi connectivity index (χ4n) is 2.66. The molecule has 0 saturated carbocycles. The van der Waals surface area contributed by atoms with Crippen molar-refractivity contribution < 1.29 is 13.2 Å². The molecule has 152 valence electrons. The Morgan fingerprint density at radius 3 is 2.21 bits per heavy atom. The lowest BCUT2D eigenvalue weighted by Gasteiger charge is -2.11. The first-order valence-electron chi connectivity index (χ1n) is 9.08. The first-order chi connectivity index (χ1) is 13.7. The molecule has 0 atom stereocenters. The number of hydrogen-bond acceptors (Lipinski definition) is 5. The summed E-state index contributed by atoms with van der Waals surface area (Å²) in [7, 11) is -0.594. The van der Waals surface area contributed by atoms with E-state index in [4.69, 9.17) is 0 Å². The summed E-state index contributed by atoms with van der Waals surface area (Å²) in [6.45, 7) is 4.29. The van der Waals surface area contributed by atoms with Crippen LogP contribution in [0.4, 0.5) is 5.13 Å². The number of carbonyl (C=O) groups is 1. The molecule has 0 aliphatic rings. The van der Waals surface area contributed by atoms with E-state index in [1.165, 1.54) is 55.3 Å². The van der Waals surface area contributed by atoms with E-state index in [1.54, 1.807) is 0 Å². The number of amides is 1. The molecule has 2 aromatic carbocycles. The maximum atomic E-state index is 12.5. The highest BCUT2D eigenvalue weighted by molar-refractivity contribution is 7.89. The van der Waals surface area contributed by atoms with Crippen molar-refractivity contribution in [1.29, 1.82) is 0 Å². The van der Waals surface area contributed by atoms with E-state index in [1.807, 2.05) is 17.5 Å². The van der Waals surface area contributed by atoms with Crippen LogP contribution < -0.4 is 5.32 Å². The minimum atomic E-state index is -3.52. The Kier molecular flexibility index (Phi) is 6.16. The predicted molar refractivity (Wildman–Crippen MR) is 117 cm³/mol. The van der Waals surface area contributed by atoms with Gasteiger partial charge in [0.05, 0.1) is 10.6 Å². The Morgan fingerprint density at radius 2 is 1.66 bits per heavy atom. The van der Waals surface area contributed by atoms with Crippen molar-refractivity contribution in [2.75, 3.05) is 19.4 Å². The molecule has 3 rings (SSSR count). The number of aromatic nitrogens is 1. The van der Waals surface area contributed by atoms with Gasteiger partial charge in [-0.1, -0.05) is 38.1 Å². The zero-order chi connectivity index (χ0) is 21.2. The maximum Gasteiger partial charge on any atom is 0.257 e. The first kappa shape index (κ1) is 21.2. The molecule has 29 heavy (non-hydrogen) atoms. The SMILES string of the molecule is CC(C)c1ccc(-c2csc(NC(=O)c3ccc(S(=O)(=O)N(C)C)cc3)n2)cc1. The highest BCUT2D eigenvalue weighted by Crippen LogP contribution is 2.27. The molecule has 6 nitrogen and oxygen atoms in total. The van der Waals surface area contributed by atoms with Gasteiger partial charge in [0, 0.05) is 30.6 Å². The standard InChI is InChI=1S/C21H23N3O3S2/c1-14(2)15-5-7-16(8-6-15)19-13-28-21(22-19)23-20(25)17-9-11-18(12-10-17)29(26,27)24(3)4/h5-14H,1-4H3,(H,22,23,25). The van der Waals surface area contributed by atoms with E-state index in [2.05, 4.69) is 36.3 Å². The van der Waals surface area contributed by atoms with Gasteiger partial charge in [0.2, 0.25) is 10.0 Å². The predicted octanol–water partition coefficient (Wildman–Crippen LogP) is 4.44. The number of sulfonamides is 1. The molecule has 8 heteroatoms. The summed E-state index contributed by atoms with van der Waals surface area (Å²) in [6.07, 6.45) is 0. The molecule has 1 amide bonds. The summed E-state index contributed by atoms with van der Waals surface area (Å²) in [4.78, 5) is 17.1. The third kappa shape index (κ3) is 4.72. The third-order valence-electron chi connectivity index (χ3n) is 4.49. The van der Waals surface area contributed by atoms with E-state index >= 15 is 0 Å². The molecule has 0 unspecified atom stereocenters. The summed E-state index contributed by atoms with van der Waals surface area (Å²) in [6, 6.07) is 14.1. The van der Waals surface area contributed by atoms with Crippen molar-refractivity contribution in [1.82, 2.24) is 9.29 Å². The van der Waals surface area contributed by atoms with Gasteiger partial charge in [0.15, 0.2) is 5.13 Å². The van der Waals surface area contributed by atoms with Crippen molar-refractivity contribution in [2.24, 2.45) is 0 Å². The fraction of sp³-hybridized carbons (Fsp3) is 0.238. The van der Waals surface area contributed by atoms with Crippen LogP contribution in [0.1, 0.15) is 35.7 Å². The van der Waals surface area contributed by atoms with Gasteiger partial charge in [-0.25, -0.2) is 17.7 Å². The largest absolute Gasteiger partial charge is 0.298 e. The summed E-state index contributed by atoms with van der Waals surface area (Å²) < 4.78 is 25.4. The number of anilines is 1. The number of nitrogens with zero attached hydrogens (tertiary/aromatic N) is 2. The van der Waals surface area contributed by atoms with Crippen LogP contribution >= 0.6 is 11.3 Å². The van der Waals surface area contributed by atoms with Gasteiger partial charge in [0.1, 0.15) is 0 Å². The Labute approximate surface area is 175 Å². The molecule has 1 aromatic heterocycles. The van der Waals surface area contributed by atoms with E-state index < -0.39 is 10.0 Å². The topological polar surface area (TPSA) is 79.4 Å². The van der Waals surface area contributed by atoms with Crippen molar-refractivity contribution in [3.8, 4) is 11.3 Å². The van der Waals surface area contributed by atoms with Crippen molar-refractivity contribution in [3.05, 3.63) is 65.0 Å². The average Bonchev–Trinajstić information content (AvgIpc) is 3.16. The van der Waals surface area contributed by atoms with Crippen LogP contribution in [0.15, 0.2) is 58.8 Å². The second-order valence-corrected chi connectivity index (χ2v) is 10.1. The first-order valence-corrected chi connectivity index (χ1v) is 11.4. The van der Waals surface area contributed by atoms with Crippen LogP contribution in [0.2, 0.25) is 0 Å². The monoisotopic (exact) mass is 429 g/mol. The molecule has 3 aromatic rings. The minimum absolute atomic E-state index is 0.139. The minimum Gasteiger partial charge on any atom is -0.298 e. The zero-order valence-corrected chi connectivity index (χ0v) is 18.3. The van der Waals surface area contributed by atoms with Crippen LogP contribution in [0.25, 0.3) is 11.3 Å². The Morgan fingerprint density at radius 1 is 1.03 bits per heavy atom. The number of carbonyl (C=O) groups excluding carboxylic acids is 1. The third-order valence-corrected chi connectivity index (χ3v) is 7.08. The fourth-order valence-corrected chi connectivity index (χ4v) is 4.28. The van der Waals surface area contributed by atoms with E-state index in [0.29, 0.717) is 16.6 Å². The molecule has 1 heterocycles. The van der Waals surface area contributed by atoms with E-state index in [9.17, 15) is 13.2 Å². The molecular weight excluding hydrogens is 406 g/mol. The normalized spacial score (nSPS) is 11.8. The van der Waals surface area contributed by atoms with Gasteiger partial charge >= 0.3 is 0 Å². The van der Waals surface area contributed by atoms with Gasteiger partial charge in [-0.05, 0) is 35.7 Å². The van der Waals surface area contributed by atoms with E-state index in [-0.39, 0.29) is 10.8 Å². The van der Waals surface area contributed by atoms with Crippen molar-refractivity contribution in [2.45, 2.75) is 24.7 Å². The Bertz CT molecular complexity index is 1100. The van der Waals surface area contributed by atoms with Crippen LogP contribution in [-0.4, -0.2) is 37.7 Å². The molecule has 0 saturated heterocycles. The molecule has 0 radical (unpaired) electrons. The van der Waals surface area contributed by atoms with Gasteiger partial charge in [-0.2, -0.15) is 0 Å². The van der Waals surface area contributed by atoms with Crippen LogP contribution in [-0.2, 0) is 10.0 Å². The summed E-state index contributed by atoms with van der Waals surface area (Å²) in [5, 5.41) is 5.15. The van der Waals surface area contributed by atoms with Crippen LogP contribution in [0.5, 0.6) is 0 Å². The Balaban J connectivity index is 1.72. The molecule has 0 bridgehead atoms. The second-order valence-electron chi connectivity index (χ2n) is 7.08. The Hall–Kier alpha value is -2.55. The molecule has 0 aliphatic carbocycles. The van der Waals surface area contributed by atoms with Gasteiger partial charge in [-0.15, -0.1) is 11.3 Å². The maximum absolute atomic E-state index is 12.5. The highest BCUT2D eigenvalue weighted by atomic mass is 32.2. The lowest BCUT2D eigenvalue weighted by molar-refractivity contribution is 0.102. The summed E-state index contributed by atoms with van der Waals surface area (Å²) >= 11 is 1.34. The van der Waals surface area contributed by atoms with Crippen LogP contribution in [0, 0.1) is 0 Å². The van der Waals surface area contributed by atoms with Gasteiger partial charge in [-0.3, -0.25) is 10.1 Å². The molecule has 0 aliphatic heterocycles. The second kappa shape index (κ2) is 8.44. The molecule has 0 spiro atoms. The number of nitrogens with one attached hydrogen (secondary N) is 1. The zero-order valence-electron chi connectivity index (χ0n) is 16.7. The summed E-state index contributed by atoms with van der Waals surface area (Å²) in [5.41, 5.74) is 3.41. The smallest absolute Gasteiger partial charge is 0.257 e. The number of rotatable bonds is 6. The quantitative estimate of drug-likeness (QED) is 0.628. The lowest BCUT2D eigenvalue weighted by Crippen LogP contribution is -2.22. The molecule has 0 fully saturated rings. The van der Waals surface area contributed by atoms with E-state index in [0.717, 1.165) is 15.6 Å². The van der Waals surface area contributed by atoms with Gasteiger partial charge in [0.25, 0.3) is 5.91 Å². The average molecular weight is 430 g/mol. The van der Waals surface area contributed by atoms with Crippen molar-refractivity contribution in [3.63, 3.8) is 0 Å². The van der Waals surface area contributed by atoms with Gasteiger partial charge < -0.3 is 0 Å². The lowest BCUT2D eigenvalue weighted by atomic mass is 10.0.